The average Bonchev–Trinajstić information content (AvgIpc) is 2.37. The lowest BCUT2D eigenvalue weighted by molar-refractivity contribution is 0.405. The number of hydrogen-bond acceptors (Lipinski definition) is 3. The van der Waals surface area contributed by atoms with Gasteiger partial charge in [0.25, 0.3) is 0 Å². The molecule has 4 nitrogen and oxygen atoms in total. The van der Waals surface area contributed by atoms with Crippen molar-refractivity contribution in [1.29, 1.82) is 0 Å². The lowest BCUT2D eigenvalue weighted by Crippen LogP contribution is -2.38. The zero-order valence-corrected chi connectivity index (χ0v) is 14.3. The van der Waals surface area contributed by atoms with Gasteiger partial charge in [0, 0.05) is 24.0 Å². The largest absolute Gasteiger partial charge is 0.393 e. The van der Waals surface area contributed by atoms with E-state index < -0.39 is 10.0 Å². The van der Waals surface area contributed by atoms with E-state index >= 15 is 0 Å². The molecule has 0 fully saturated rings. The molecule has 20 heavy (non-hydrogen) atoms. The lowest BCUT2D eigenvalue weighted by atomic mass is 10.2. The van der Waals surface area contributed by atoms with Crippen LogP contribution in [0.4, 0.5) is 0 Å². The first-order valence-electron chi connectivity index (χ1n) is 5.94. The van der Waals surface area contributed by atoms with Gasteiger partial charge in [-0.05, 0) is 18.2 Å². The molecule has 8 heteroatoms. The van der Waals surface area contributed by atoms with Crippen molar-refractivity contribution in [2.75, 3.05) is 13.1 Å². The highest BCUT2D eigenvalue weighted by Gasteiger charge is 2.27. The standard InChI is InChI=1S/C12H16Cl2N2O2S2/c1-3-16(7-8(2)12(15)19)20(17,18)11-6-9(13)4-5-10(11)14/h4-6,8H,3,7H2,1-2H3,(H2,15,19). The van der Waals surface area contributed by atoms with Crippen molar-refractivity contribution in [3.63, 3.8) is 0 Å². The summed E-state index contributed by atoms with van der Waals surface area (Å²) in [5.74, 6) is -0.224. The van der Waals surface area contributed by atoms with Crippen LogP contribution >= 0.6 is 35.4 Å². The van der Waals surface area contributed by atoms with Crippen molar-refractivity contribution in [1.82, 2.24) is 4.31 Å². The van der Waals surface area contributed by atoms with Crippen LogP contribution in [0.5, 0.6) is 0 Å². The maximum atomic E-state index is 12.6. The molecule has 0 heterocycles. The third-order valence-electron chi connectivity index (χ3n) is 2.83. The Morgan fingerprint density at radius 3 is 2.55 bits per heavy atom. The molecule has 0 aliphatic heterocycles. The molecule has 0 aliphatic carbocycles. The fourth-order valence-corrected chi connectivity index (χ4v) is 3.96. The molecule has 0 radical (unpaired) electrons. The van der Waals surface area contributed by atoms with Crippen molar-refractivity contribution in [3.05, 3.63) is 28.2 Å². The molecule has 1 rings (SSSR count). The Kier molecular flexibility index (Phi) is 6.22. The van der Waals surface area contributed by atoms with E-state index in [0.717, 1.165) is 0 Å². The van der Waals surface area contributed by atoms with Gasteiger partial charge < -0.3 is 5.73 Å². The van der Waals surface area contributed by atoms with E-state index in [2.05, 4.69) is 0 Å². The van der Waals surface area contributed by atoms with Crippen LogP contribution in [0.25, 0.3) is 0 Å². The summed E-state index contributed by atoms with van der Waals surface area (Å²) in [7, 11) is -3.73. The van der Waals surface area contributed by atoms with Crippen LogP contribution in [0, 0.1) is 5.92 Å². The number of nitrogens with two attached hydrogens (primary N) is 1. The molecule has 1 unspecified atom stereocenters. The summed E-state index contributed by atoms with van der Waals surface area (Å²) in [4.78, 5) is 0.263. The minimum Gasteiger partial charge on any atom is -0.393 e. The molecular formula is C12H16Cl2N2O2S2. The maximum Gasteiger partial charge on any atom is 0.244 e. The highest BCUT2D eigenvalue weighted by atomic mass is 35.5. The Balaban J connectivity index is 3.18. The van der Waals surface area contributed by atoms with E-state index in [1.54, 1.807) is 13.8 Å². The molecule has 2 N–H and O–H groups in total. The van der Waals surface area contributed by atoms with Gasteiger partial charge in [-0.3, -0.25) is 0 Å². The first kappa shape index (κ1) is 17.7. The van der Waals surface area contributed by atoms with E-state index in [1.807, 2.05) is 0 Å². The number of hydrogen-bond donors (Lipinski definition) is 1. The zero-order valence-electron chi connectivity index (χ0n) is 11.1. The maximum absolute atomic E-state index is 12.6. The zero-order chi connectivity index (χ0) is 15.5. The molecule has 1 atom stereocenters. The number of nitrogens with zero attached hydrogens (tertiary/aromatic N) is 1. The van der Waals surface area contributed by atoms with Gasteiger partial charge in [-0.15, -0.1) is 0 Å². The lowest BCUT2D eigenvalue weighted by Gasteiger charge is -2.24. The average molecular weight is 355 g/mol. The van der Waals surface area contributed by atoms with Crippen LogP contribution in [0.2, 0.25) is 10.0 Å². The Bertz CT molecular complexity index is 605. The molecular weight excluding hydrogens is 339 g/mol. The molecule has 0 spiro atoms. The number of rotatable bonds is 6. The summed E-state index contributed by atoms with van der Waals surface area (Å²) in [6, 6.07) is 4.34. The van der Waals surface area contributed by atoms with Crippen LogP contribution in [0.1, 0.15) is 13.8 Å². The molecule has 1 aromatic carbocycles. The summed E-state index contributed by atoms with van der Waals surface area (Å²) in [6.07, 6.45) is 0. The van der Waals surface area contributed by atoms with Crippen molar-refractivity contribution < 1.29 is 8.42 Å². The molecule has 0 saturated carbocycles. The normalized spacial score (nSPS) is 13.4. The van der Waals surface area contributed by atoms with Gasteiger partial charge >= 0.3 is 0 Å². The van der Waals surface area contributed by atoms with Crippen molar-refractivity contribution in [3.8, 4) is 0 Å². The van der Waals surface area contributed by atoms with Crippen LogP contribution in [0.15, 0.2) is 23.1 Å². The van der Waals surface area contributed by atoms with Gasteiger partial charge in [0.2, 0.25) is 10.0 Å². The Morgan fingerprint density at radius 2 is 2.05 bits per heavy atom. The summed E-state index contributed by atoms with van der Waals surface area (Å²) < 4.78 is 26.5. The SMILES string of the molecule is CCN(CC(C)C(N)=S)S(=O)(=O)c1cc(Cl)ccc1Cl. The van der Waals surface area contributed by atoms with E-state index in [4.69, 9.17) is 41.2 Å². The fourth-order valence-electron chi connectivity index (χ4n) is 1.61. The topological polar surface area (TPSA) is 63.4 Å². The van der Waals surface area contributed by atoms with Gasteiger partial charge in [0.15, 0.2) is 0 Å². The third kappa shape index (κ3) is 4.05. The van der Waals surface area contributed by atoms with Crippen LogP contribution in [-0.2, 0) is 10.0 Å². The molecule has 0 saturated heterocycles. The summed E-state index contributed by atoms with van der Waals surface area (Å²) in [5, 5.41) is 0.447. The number of benzene rings is 1. The van der Waals surface area contributed by atoms with Crippen molar-refractivity contribution in [2.24, 2.45) is 11.7 Å². The molecule has 0 aliphatic rings. The number of halogens is 2. The first-order valence-corrected chi connectivity index (χ1v) is 8.55. The monoisotopic (exact) mass is 354 g/mol. The second kappa shape index (κ2) is 7.04. The van der Waals surface area contributed by atoms with Crippen molar-refractivity contribution >= 4 is 50.4 Å². The van der Waals surface area contributed by atoms with E-state index in [9.17, 15) is 8.42 Å². The van der Waals surface area contributed by atoms with Gasteiger partial charge in [0.05, 0.1) is 10.0 Å². The quantitative estimate of drug-likeness (QED) is 0.797. The Morgan fingerprint density at radius 1 is 1.45 bits per heavy atom. The predicted molar refractivity (Wildman–Crippen MR) is 86.8 cm³/mol. The first-order chi connectivity index (χ1) is 9.20. The third-order valence-corrected chi connectivity index (χ3v) is 5.89. The van der Waals surface area contributed by atoms with E-state index in [1.165, 1.54) is 22.5 Å². The van der Waals surface area contributed by atoms with Crippen LogP contribution in [0.3, 0.4) is 0 Å². The Hall–Kier alpha value is -0.400. The highest BCUT2D eigenvalue weighted by molar-refractivity contribution is 7.89. The van der Waals surface area contributed by atoms with Crippen molar-refractivity contribution in [2.45, 2.75) is 18.7 Å². The Labute approximate surface area is 134 Å². The second-order valence-corrected chi connectivity index (χ2v) is 7.56. The van der Waals surface area contributed by atoms with Gasteiger partial charge in [-0.1, -0.05) is 49.3 Å². The summed E-state index contributed by atoms with van der Waals surface area (Å²) >= 11 is 16.7. The predicted octanol–water partition coefficient (Wildman–Crippen LogP) is 2.93. The molecule has 0 amide bonds. The summed E-state index contributed by atoms with van der Waals surface area (Å²) in [6.45, 7) is 4.01. The molecule has 1 aromatic rings. The molecule has 0 aromatic heterocycles. The van der Waals surface area contributed by atoms with Crippen LogP contribution < -0.4 is 5.73 Å². The second-order valence-electron chi connectivity index (χ2n) is 4.33. The fraction of sp³-hybridized carbons (Fsp3) is 0.417. The highest BCUT2D eigenvalue weighted by Crippen LogP contribution is 2.28. The van der Waals surface area contributed by atoms with Gasteiger partial charge in [0.1, 0.15) is 4.90 Å². The van der Waals surface area contributed by atoms with Gasteiger partial charge in [-0.2, -0.15) is 4.31 Å². The van der Waals surface area contributed by atoms with E-state index in [-0.39, 0.29) is 33.9 Å². The number of sulfonamides is 1. The summed E-state index contributed by atoms with van der Waals surface area (Å²) in [5.41, 5.74) is 5.54. The minimum absolute atomic E-state index is 0.0105. The number of thiocarbonyl (C=S) groups is 1. The minimum atomic E-state index is -3.73. The molecule has 0 bridgehead atoms. The van der Waals surface area contributed by atoms with Gasteiger partial charge in [-0.25, -0.2) is 8.42 Å². The van der Waals surface area contributed by atoms with E-state index in [0.29, 0.717) is 5.02 Å². The smallest absolute Gasteiger partial charge is 0.244 e. The molecule has 112 valence electrons. The van der Waals surface area contributed by atoms with Crippen LogP contribution in [-0.4, -0.2) is 30.8 Å².